The minimum atomic E-state index is -0.255. The van der Waals surface area contributed by atoms with Crippen molar-refractivity contribution in [1.82, 2.24) is 19.9 Å². The number of fused-ring (bicyclic) bond motifs is 2. The molecule has 0 aliphatic heterocycles. The third kappa shape index (κ3) is 8.47. The Hall–Kier alpha value is -6.42. The highest BCUT2D eigenvalue weighted by Gasteiger charge is 2.17. The van der Waals surface area contributed by atoms with Crippen LogP contribution in [0.2, 0.25) is 0 Å². The van der Waals surface area contributed by atoms with Crippen molar-refractivity contribution in [2.24, 2.45) is 0 Å². The summed E-state index contributed by atoms with van der Waals surface area (Å²) in [4.78, 5) is 41.6. The molecule has 2 unspecified atom stereocenters. The largest absolute Gasteiger partial charge is 0.461 e. The van der Waals surface area contributed by atoms with E-state index in [1.807, 2.05) is 135 Å². The van der Waals surface area contributed by atoms with Crippen LogP contribution in [-0.2, 0) is 32.3 Å². The fourth-order valence-corrected chi connectivity index (χ4v) is 6.12. The van der Waals surface area contributed by atoms with Crippen molar-refractivity contribution < 1.29 is 19.1 Å². The van der Waals surface area contributed by atoms with Crippen LogP contribution >= 0.6 is 0 Å². The number of esters is 2. The summed E-state index contributed by atoms with van der Waals surface area (Å²) < 4.78 is 10.9. The Morgan fingerprint density at radius 2 is 0.981 bits per heavy atom. The van der Waals surface area contributed by atoms with Crippen molar-refractivity contribution >= 4 is 45.4 Å². The van der Waals surface area contributed by atoms with Crippen molar-refractivity contribution in [3.8, 4) is 22.8 Å². The molecule has 7 aromatic rings. The van der Waals surface area contributed by atoms with Crippen LogP contribution in [0.15, 0.2) is 121 Å². The molecule has 0 saturated heterocycles. The number of hydrogen-bond donors (Lipinski definition) is 4. The molecule has 10 heteroatoms. The first kappa shape index (κ1) is 34.0. The van der Waals surface area contributed by atoms with E-state index in [9.17, 15) is 9.59 Å². The van der Waals surface area contributed by atoms with Crippen LogP contribution in [0.5, 0.6) is 0 Å². The van der Waals surface area contributed by atoms with E-state index in [0.717, 1.165) is 67.3 Å². The van der Waals surface area contributed by atoms with Crippen molar-refractivity contribution in [2.45, 2.75) is 52.0 Å². The van der Waals surface area contributed by atoms with Crippen LogP contribution < -0.4 is 10.6 Å². The molecule has 2 heterocycles. The Labute approximate surface area is 301 Å². The summed E-state index contributed by atoms with van der Waals surface area (Å²) in [5, 5.41) is 6.82. The molecule has 0 aliphatic rings. The lowest BCUT2D eigenvalue weighted by Gasteiger charge is -2.14. The van der Waals surface area contributed by atoms with Gasteiger partial charge in [-0.15, -0.1) is 0 Å². The summed E-state index contributed by atoms with van der Waals surface area (Å²) in [6.07, 6.45) is 0.481. The highest BCUT2D eigenvalue weighted by atomic mass is 16.5. The van der Waals surface area contributed by atoms with Gasteiger partial charge in [0.25, 0.3) is 0 Å². The maximum atomic E-state index is 12.4. The Kier molecular flexibility index (Phi) is 10.2. The Morgan fingerprint density at radius 3 is 1.40 bits per heavy atom. The number of ether oxygens (including phenoxy) is 2. The van der Waals surface area contributed by atoms with Gasteiger partial charge >= 0.3 is 11.9 Å². The van der Waals surface area contributed by atoms with E-state index in [4.69, 9.17) is 19.4 Å². The number of aromatic nitrogens is 4. The molecule has 4 N–H and O–H groups in total. The zero-order valence-corrected chi connectivity index (χ0v) is 29.1. The van der Waals surface area contributed by atoms with Gasteiger partial charge in [-0.1, -0.05) is 84.9 Å². The topological polar surface area (TPSA) is 134 Å². The second kappa shape index (κ2) is 15.6. The molecule has 7 rings (SSSR count). The maximum absolute atomic E-state index is 12.4. The van der Waals surface area contributed by atoms with Gasteiger partial charge in [-0.3, -0.25) is 9.59 Å². The zero-order valence-electron chi connectivity index (χ0n) is 29.1. The van der Waals surface area contributed by atoms with E-state index < -0.39 is 0 Å². The van der Waals surface area contributed by atoms with Gasteiger partial charge in [0.05, 0.1) is 34.9 Å². The van der Waals surface area contributed by atoms with Gasteiger partial charge in [-0.25, -0.2) is 9.97 Å². The molecular weight excluding hydrogens is 652 g/mol. The smallest absolute Gasteiger partial charge is 0.308 e. The average molecular weight is 693 g/mol. The Balaban J connectivity index is 1.00. The molecule has 5 aromatic carbocycles. The molecule has 0 aliphatic carbocycles. The second-order valence-corrected chi connectivity index (χ2v) is 13.0. The monoisotopic (exact) mass is 692 g/mol. The van der Waals surface area contributed by atoms with Gasteiger partial charge in [-0.05, 0) is 61.4 Å². The van der Waals surface area contributed by atoms with Crippen molar-refractivity contribution in [1.29, 1.82) is 0 Å². The van der Waals surface area contributed by atoms with Crippen molar-refractivity contribution in [2.75, 3.05) is 10.6 Å². The van der Waals surface area contributed by atoms with E-state index in [1.165, 1.54) is 0 Å². The molecule has 52 heavy (non-hydrogen) atoms. The Morgan fingerprint density at radius 1 is 0.577 bits per heavy atom. The lowest BCUT2D eigenvalue weighted by molar-refractivity contribution is -0.146. The Bertz CT molecular complexity index is 2140. The molecule has 262 valence electrons. The van der Waals surface area contributed by atoms with E-state index in [2.05, 4.69) is 20.6 Å². The normalized spacial score (nSPS) is 12.3. The number of rotatable bonds is 14. The number of hydrogen-bond acceptors (Lipinski definition) is 8. The first-order valence-electron chi connectivity index (χ1n) is 17.4. The number of carbonyl (C=O) groups excluding carboxylic acids is 2. The molecule has 0 saturated carbocycles. The van der Waals surface area contributed by atoms with Crippen molar-refractivity contribution in [3.05, 3.63) is 132 Å². The lowest BCUT2D eigenvalue weighted by Crippen LogP contribution is -2.21. The quantitative estimate of drug-likeness (QED) is 0.0833. The van der Waals surface area contributed by atoms with Crippen LogP contribution in [0.1, 0.15) is 37.8 Å². The number of H-pyrrole nitrogens is 2. The van der Waals surface area contributed by atoms with E-state index in [1.54, 1.807) is 0 Å². The molecule has 10 nitrogen and oxygen atoms in total. The number of nitrogens with zero attached hydrogens (tertiary/aromatic N) is 2. The van der Waals surface area contributed by atoms with Gasteiger partial charge in [0.1, 0.15) is 24.9 Å². The van der Waals surface area contributed by atoms with Crippen LogP contribution in [0.25, 0.3) is 44.8 Å². The van der Waals surface area contributed by atoms with E-state index in [-0.39, 0.29) is 50.1 Å². The average Bonchev–Trinajstić information content (AvgIpc) is 3.78. The summed E-state index contributed by atoms with van der Waals surface area (Å²) in [5.74, 6) is 0.927. The van der Waals surface area contributed by atoms with E-state index >= 15 is 0 Å². The summed E-state index contributed by atoms with van der Waals surface area (Å²) >= 11 is 0. The van der Waals surface area contributed by atoms with Crippen molar-refractivity contribution in [3.63, 3.8) is 0 Å². The van der Waals surface area contributed by atoms with Crippen LogP contribution in [0.4, 0.5) is 11.4 Å². The number of benzene rings is 5. The highest BCUT2D eigenvalue weighted by Crippen LogP contribution is 2.32. The SMILES string of the molecule is CC(CC(=O)OCc1ccccc1)Nc1ccc2nc(-c3ccccc3-c3nc4ccc(NC(C)CC(=O)OCc5ccccc5)cc4[nH]3)[nH]c2c1. The number of aromatic amines is 2. The first-order chi connectivity index (χ1) is 25.4. The fourth-order valence-electron chi connectivity index (χ4n) is 6.12. The molecule has 0 amide bonds. The predicted octanol–water partition coefficient (Wildman–Crippen LogP) is 8.64. The number of nitrogens with one attached hydrogen (secondary N) is 4. The van der Waals surface area contributed by atoms with Gasteiger partial charge in [-0.2, -0.15) is 0 Å². The predicted molar refractivity (Wildman–Crippen MR) is 204 cm³/mol. The number of carbonyl (C=O) groups is 2. The summed E-state index contributed by atoms with van der Waals surface area (Å²) in [5.41, 5.74) is 8.86. The minimum Gasteiger partial charge on any atom is -0.461 e. The molecule has 2 atom stereocenters. The van der Waals surface area contributed by atoms with Gasteiger partial charge in [0.2, 0.25) is 0 Å². The van der Waals surface area contributed by atoms with Gasteiger partial charge in [0.15, 0.2) is 0 Å². The lowest BCUT2D eigenvalue weighted by atomic mass is 10.1. The number of imidazole rings is 2. The molecular formula is C42H40N6O4. The fraction of sp³-hybridized carbons (Fsp3) is 0.190. The van der Waals surface area contributed by atoms with Crippen LogP contribution in [0.3, 0.4) is 0 Å². The van der Waals surface area contributed by atoms with Gasteiger partial charge < -0.3 is 30.1 Å². The number of anilines is 2. The first-order valence-corrected chi connectivity index (χ1v) is 17.4. The maximum Gasteiger partial charge on any atom is 0.308 e. The van der Waals surface area contributed by atoms with Crippen LogP contribution in [-0.4, -0.2) is 44.0 Å². The van der Waals surface area contributed by atoms with Crippen LogP contribution in [0, 0.1) is 0 Å². The second-order valence-electron chi connectivity index (χ2n) is 13.0. The molecule has 0 fully saturated rings. The van der Waals surface area contributed by atoms with E-state index in [0.29, 0.717) is 0 Å². The third-order valence-electron chi connectivity index (χ3n) is 8.66. The zero-order chi connectivity index (χ0) is 35.9. The molecule has 0 spiro atoms. The molecule has 0 bridgehead atoms. The third-order valence-corrected chi connectivity index (χ3v) is 8.66. The standard InChI is InChI=1S/C42H40N6O4/c1-27(21-39(49)51-25-29-11-5-3-6-12-29)43-31-17-19-35-37(23-31)47-41(45-35)33-15-9-10-16-34(33)42-46-36-20-18-32(24-38(36)48-42)44-28(2)22-40(50)52-26-30-13-7-4-8-14-30/h3-20,23-24,27-28,43-44H,21-22,25-26H2,1-2H3,(H,45,47)(H,46,48). The summed E-state index contributed by atoms with van der Waals surface area (Å²) in [6, 6.07) is 38.9. The summed E-state index contributed by atoms with van der Waals surface area (Å²) in [7, 11) is 0. The molecule has 2 aromatic heterocycles. The van der Waals surface area contributed by atoms with Gasteiger partial charge in [0, 0.05) is 34.6 Å². The molecule has 0 radical (unpaired) electrons. The minimum absolute atomic E-state index is 0.128. The summed E-state index contributed by atoms with van der Waals surface area (Å²) in [6.45, 7) is 4.44. The highest BCUT2D eigenvalue weighted by molar-refractivity contribution is 5.89.